The predicted octanol–water partition coefficient (Wildman–Crippen LogP) is 5.51. The van der Waals surface area contributed by atoms with Crippen molar-refractivity contribution in [3.63, 3.8) is 0 Å². The zero-order chi connectivity index (χ0) is 25.9. The molecule has 37 heavy (non-hydrogen) atoms. The van der Waals surface area contributed by atoms with E-state index in [9.17, 15) is 14.4 Å². The van der Waals surface area contributed by atoms with Crippen molar-refractivity contribution in [3.8, 4) is 17.0 Å². The van der Waals surface area contributed by atoms with Gasteiger partial charge in [-0.25, -0.2) is 9.88 Å². The zero-order valence-corrected chi connectivity index (χ0v) is 21.0. The fraction of sp³-hybridized carbons (Fsp3) is 0.0370. The average Bonchev–Trinajstić information content (AvgIpc) is 3.48. The number of nitrogens with zero attached hydrogens (tertiary/aromatic N) is 2. The van der Waals surface area contributed by atoms with E-state index in [1.807, 2.05) is 35.7 Å². The zero-order valence-electron chi connectivity index (χ0n) is 19.4. The molecule has 3 aromatic carbocycles. The largest absolute Gasteiger partial charge is 0.497 e. The van der Waals surface area contributed by atoms with E-state index in [4.69, 9.17) is 16.3 Å². The summed E-state index contributed by atoms with van der Waals surface area (Å²) in [5, 5.41) is 7.84. The summed E-state index contributed by atoms with van der Waals surface area (Å²) in [5.74, 6) is -0.944. The van der Waals surface area contributed by atoms with Gasteiger partial charge in [0.2, 0.25) is 0 Å². The molecule has 0 saturated carbocycles. The number of amides is 3. The van der Waals surface area contributed by atoms with Gasteiger partial charge in [-0.3, -0.25) is 19.7 Å². The molecule has 2 N–H and O–H groups in total. The molecule has 1 aromatic heterocycles. The fourth-order valence-corrected chi connectivity index (χ4v) is 4.60. The van der Waals surface area contributed by atoms with E-state index in [1.54, 1.807) is 48.5 Å². The van der Waals surface area contributed by atoms with E-state index < -0.39 is 11.8 Å². The first-order chi connectivity index (χ1) is 17.9. The highest BCUT2D eigenvalue weighted by molar-refractivity contribution is 7.14. The molecule has 2 heterocycles. The monoisotopic (exact) mass is 530 g/mol. The Labute approximate surface area is 221 Å². The Kier molecular flexibility index (Phi) is 6.72. The second kappa shape index (κ2) is 10.3. The van der Waals surface area contributed by atoms with Gasteiger partial charge in [0.1, 0.15) is 16.5 Å². The van der Waals surface area contributed by atoms with Crippen molar-refractivity contribution < 1.29 is 19.1 Å². The molecule has 0 fully saturated rings. The summed E-state index contributed by atoms with van der Waals surface area (Å²) in [6, 6.07) is 22.6. The molecular formula is C27H19ClN4O4S. The number of methoxy groups -OCH3 is 1. The van der Waals surface area contributed by atoms with Gasteiger partial charge in [0.05, 0.1) is 18.5 Å². The standard InChI is InChI=1S/C27H19ClN4O4S/c1-36-20-13-11-19(12-14-20)32-25(34)22(28)23(26(32)35)29-18-9-7-17(8-10-18)24(33)31-27-30-21(15-37-27)16-5-3-2-4-6-16/h2-15,29H,1H3,(H,30,31,33). The molecule has 1 aliphatic rings. The van der Waals surface area contributed by atoms with Crippen molar-refractivity contribution in [1.82, 2.24) is 4.98 Å². The molecule has 0 aliphatic carbocycles. The molecule has 10 heteroatoms. The van der Waals surface area contributed by atoms with E-state index >= 15 is 0 Å². The highest BCUT2D eigenvalue weighted by Crippen LogP contribution is 2.31. The first kappa shape index (κ1) is 24.2. The van der Waals surface area contributed by atoms with Crippen molar-refractivity contribution in [2.45, 2.75) is 0 Å². The van der Waals surface area contributed by atoms with Crippen LogP contribution in [0.5, 0.6) is 5.75 Å². The van der Waals surface area contributed by atoms with Crippen molar-refractivity contribution in [2.24, 2.45) is 0 Å². The SMILES string of the molecule is COc1ccc(N2C(=O)C(Cl)=C(Nc3ccc(C(=O)Nc4nc(-c5ccccc5)cs4)cc3)C2=O)cc1. The van der Waals surface area contributed by atoms with Gasteiger partial charge in [0.15, 0.2) is 5.13 Å². The molecule has 0 unspecified atom stereocenters. The summed E-state index contributed by atoms with van der Waals surface area (Å²) >= 11 is 7.54. The quantitative estimate of drug-likeness (QED) is 0.306. The van der Waals surface area contributed by atoms with Crippen LogP contribution in [0.25, 0.3) is 11.3 Å². The van der Waals surface area contributed by atoms with Crippen molar-refractivity contribution in [3.05, 3.63) is 101 Å². The second-order valence-electron chi connectivity index (χ2n) is 7.89. The number of anilines is 3. The smallest absolute Gasteiger partial charge is 0.283 e. The normalized spacial score (nSPS) is 13.2. The van der Waals surface area contributed by atoms with Crippen LogP contribution < -0.4 is 20.3 Å². The number of rotatable bonds is 7. The number of carbonyl (C=O) groups excluding carboxylic acids is 3. The predicted molar refractivity (Wildman–Crippen MR) is 144 cm³/mol. The van der Waals surface area contributed by atoms with E-state index in [-0.39, 0.29) is 16.6 Å². The Morgan fingerprint density at radius 1 is 0.946 bits per heavy atom. The van der Waals surface area contributed by atoms with Crippen LogP contribution >= 0.6 is 22.9 Å². The van der Waals surface area contributed by atoms with Crippen LogP contribution in [0, 0.1) is 0 Å². The molecule has 1 aliphatic heterocycles. The first-order valence-corrected chi connectivity index (χ1v) is 12.3. The number of halogens is 1. The maximum atomic E-state index is 13.0. The van der Waals surface area contributed by atoms with Crippen molar-refractivity contribution >= 4 is 57.2 Å². The summed E-state index contributed by atoms with van der Waals surface area (Å²) in [4.78, 5) is 43.8. The Bertz CT molecular complexity index is 1520. The van der Waals surface area contributed by atoms with Gasteiger partial charge in [-0.15, -0.1) is 11.3 Å². The van der Waals surface area contributed by atoms with Gasteiger partial charge in [0.25, 0.3) is 17.7 Å². The van der Waals surface area contributed by atoms with Gasteiger partial charge in [-0.2, -0.15) is 0 Å². The summed E-state index contributed by atoms with van der Waals surface area (Å²) in [5.41, 5.74) is 2.96. The van der Waals surface area contributed by atoms with Crippen LogP contribution in [0.3, 0.4) is 0 Å². The number of thiazole rings is 1. The highest BCUT2D eigenvalue weighted by Gasteiger charge is 2.39. The Morgan fingerprint density at radius 2 is 1.65 bits per heavy atom. The number of benzene rings is 3. The molecule has 3 amide bonds. The van der Waals surface area contributed by atoms with E-state index in [2.05, 4.69) is 15.6 Å². The number of hydrogen-bond donors (Lipinski definition) is 2. The molecular weight excluding hydrogens is 512 g/mol. The van der Waals surface area contributed by atoms with Gasteiger partial charge < -0.3 is 10.1 Å². The fourth-order valence-electron chi connectivity index (χ4n) is 3.67. The third-order valence-electron chi connectivity index (χ3n) is 5.57. The van der Waals surface area contributed by atoms with Crippen molar-refractivity contribution in [2.75, 3.05) is 22.6 Å². The van der Waals surface area contributed by atoms with Crippen LogP contribution in [0.15, 0.2) is 95.0 Å². The van der Waals surface area contributed by atoms with Crippen LogP contribution in [0.4, 0.5) is 16.5 Å². The summed E-state index contributed by atoms with van der Waals surface area (Å²) in [7, 11) is 1.53. The Morgan fingerprint density at radius 3 is 2.32 bits per heavy atom. The lowest BCUT2D eigenvalue weighted by molar-refractivity contribution is -0.120. The minimum absolute atomic E-state index is 0.0455. The molecule has 0 radical (unpaired) electrons. The maximum Gasteiger partial charge on any atom is 0.283 e. The van der Waals surface area contributed by atoms with E-state index in [1.165, 1.54) is 18.4 Å². The van der Waals surface area contributed by atoms with Crippen LogP contribution in [-0.2, 0) is 9.59 Å². The van der Waals surface area contributed by atoms with E-state index in [0.717, 1.165) is 16.2 Å². The molecule has 0 atom stereocenters. The third kappa shape index (κ3) is 4.95. The Hall–Kier alpha value is -4.47. The summed E-state index contributed by atoms with van der Waals surface area (Å²) in [6.07, 6.45) is 0. The molecule has 4 aromatic rings. The van der Waals surface area contributed by atoms with Gasteiger partial charge >= 0.3 is 0 Å². The summed E-state index contributed by atoms with van der Waals surface area (Å²) in [6.45, 7) is 0. The summed E-state index contributed by atoms with van der Waals surface area (Å²) < 4.78 is 5.12. The lowest BCUT2D eigenvalue weighted by atomic mass is 10.2. The lowest BCUT2D eigenvalue weighted by Gasteiger charge is -2.15. The van der Waals surface area contributed by atoms with Crippen LogP contribution in [0.1, 0.15) is 10.4 Å². The molecule has 184 valence electrons. The molecule has 0 spiro atoms. The Balaban J connectivity index is 1.25. The topological polar surface area (TPSA) is 101 Å². The van der Waals surface area contributed by atoms with Crippen LogP contribution in [0.2, 0.25) is 0 Å². The minimum Gasteiger partial charge on any atom is -0.497 e. The third-order valence-corrected chi connectivity index (χ3v) is 6.68. The molecule has 8 nitrogen and oxygen atoms in total. The molecule has 5 rings (SSSR count). The number of hydrogen-bond acceptors (Lipinski definition) is 7. The number of carbonyl (C=O) groups is 3. The number of nitrogens with one attached hydrogen (secondary N) is 2. The number of imide groups is 1. The minimum atomic E-state index is -0.631. The van der Waals surface area contributed by atoms with Gasteiger partial charge in [-0.1, -0.05) is 41.9 Å². The van der Waals surface area contributed by atoms with Gasteiger partial charge in [-0.05, 0) is 48.5 Å². The number of ether oxygens (including phenoxy) is 1. The molecule has 0 bridgehead atoms. The van der Waals surface area contributed by atoms with Crippen molar-refractivity contribution in [1.29, 1.82) is 0 Å². The lowest BCUT2D eigenvalue weighted by Crippen LogP contribution is -2.32. The van der Waals surface area contributed by atoms with Gasteiger partial charge in [0, 0.05) is 22.2 Å². The van der Waals surface area contributed by atoms with E-state index in [0.29, 0.717) is 27.8 Å². The van der Waals surface area contributed by atoms with Crippen LogP contribution in [-0.4, -0.2) is 29.8 Å². The number of aromatic nitrogens is 1. The average molecular weight is 531 g/mol. The highest BCUT2D eigenvalue weighted by atomic mass is 35.5. The second-order valence-corrected chi connectivity index (χ2v) is 9.13. The first-order valence-electron chi connectivity index (χ1n) is 11.1. The molecule has 0 saturated heterocycles. The maximum absolute atomic E-state index is 13.0.